The van der Waals surface area contributed by atoms with Crippen LogP contribution >= 0.6 is 11.8 Å². The van der Waals surface area contributed by atoms with Crippen molar-refractivity contribution in [1.82, 2.24) is 9.97 Å². The molecule has 0 spiro atoms. The first-order valence-electron chi connectivity index (χ1n) is 11.1. The van der Waals surface area contributed by atoms with Crippen LogP contribution in [0.1, 0.15) is 38.5 Å². The maximum atomic E-state index is 13.0. The number of amides is 2. The lowest BCUT2D eigenvalue weighted by Gasteiger charge is -2.15. The number of aryl methyl sites for hydroxylation is 2. The molecule has 36 heavy (non-hydrogen) atoms. The Morgan fingerprint density at radius 3 is 2.36 bits per heavy atom. The predicted octanol–water partition coefficient (Wildman–Crippen LogP) is 3.57. The third-order valence-electron chi connectivity index (χ3n) is 5.40. The van der Waals surface area contributed by atoms with E-state index in [1.54, 1.807) is 24.3 Å². The molecule has 1 aromatic heterocycles. The van der Waals surface area contributed by atoms with Crippen molar-refractivity contribution in [2.45, 2.75) is 30.7 Å². The Labute approximate surface area is 211 Å². The van der Waals surface area contributed by atoms with Crippen LogP contribution in [0.25, 0.3) is 0 Å². The number of ketones is 1. The first kappa shape index (κ1) is 25.1. The van der Waals surface area contributed by atoms with E-state index in [-0.39, 0.29) is 29.6 Å². The van der Waals surface area contributed by atoms with Crippen LogP contribution in [0.3, 0.4) is 0 Å². The number of hydrogen-bond donors (Lipinski definition) is 0. The van der Waals surface area contributed by atoms with Crippen molar-refractivity contribution in [3.63, 3.8) is 0 Å². The standard InChI is InChI=1S/C26H23N3O6S/c1-15-11-16(2)28-26(27-15)36-22-13-23(31)29(24(22)32)19-9-7-17(8-10-19)25(33)35-14-21(30)18-5-4-6-20(12-18)34-3/h4-12,22H,13-14H2,1-3H3. The third-order valence-corrected chi connectivity index (χ3v) is 6.45. The van der Waals surface area contributed by atoms with Gasteiger partial charge in [-0.1, -0.05) is 23.9 Å². The molecular weight excluding hydrogens is 482 g/mol. The number of aromatic nitrogens is 2. The third kappa shape index (κ3) is 5.60. The summed E-state index contributed by atoms with van der Waals surface area (Å²) in [5.74, 6) is -1.26. The van der Waals surface area contributed by atoms with Gasteiger partial charge in [-0.25, -0.2) is 19.7 Å². The number of rotatable bonds is 8. The van der Waals surface area contributed by atoms with E-state index in [9.17, 15) is 19.2 Å². The van der Waals surface area contributed by atoms with Gasteiger partial charge < -0.3 is 9.47 Å². The van der Waals surface area contributed by atoms with Crippen molar-refractivity contribution in [3.05, 3.63) is 77.1 Å². The zero-order chi connectivity index (χ0) is 25.8. The Morgan fingerprint density at radius 1 is 1.00 bits per heavy atom. The molecule has 2 heterocycles. The van der Waals surface area contributed by atoms with Gasteiger partial charge in [0.15, 0.2) is 17.5 Å². The normalized spacial score (nSPS) is 15.2. The maximum Gasteiger partial charge on any atom is 0.338 e. The number of benzene rings is 2. The topological polar surface area (TPSA) is 116 Å². The van der Waals surface area contributed by atoms with Crippen LogP contribution in [0.15, 0.2) is 59.8 Å². The molecule has 1 aliphatic rings. The first-order chi connectivity index (χ1) is 17.2. The molecule has 0 bridgehead atoms. The highest BCUT2D eigenvalue weighted by Crippen LogP contribution is 2.32. The number of nitrogens with zero attached hydrogens (tertiary/aromatic N) is 3. The number of methoxy groups -OCH3 is 1. The summed E-state index contributed by atoms with van der Waals surface area (Å²) in [6.45, 7) is 3.25. The van der Waals surface area contributed by atoms with E-state index in [0.29, 0.717) is 22.2 Å². The fourth-order valence-corrected chi connectivity index (χ4v) is 4.76. The second-order valence-electron chi connectivity index (χ2n) is 8.09. The smallest absolute Gasteiger partial charge is 0.338 e. The van der Waals surface area contributed by atoms with E-state index in [1.807, 2.05) is 19.9 Å². The molecule has 184 valence electrons. The summed E-state index contributed by atoms with van der Waals surface area (Å²) in [7, 11) is 1.49. The summed E-state index contributed by atoms with van der Waals surface area (Å²) in [5, 5.41) is -0.187. The Balaban J connectivity index is 1.38. The number of anilines is 1. The van der Waals surface area contributed by atoms with Crippen LogP contribution in [0.4, 0.5) is 5.69 Å². The molecular formula is C26H23N3O6S. The summed E-state index contributed by atoms with van der Waals surface area (Å²) in [6, 6.07) is 14.3. The number of thioether (sulfide) groups is 1. The molecule has 0 aliphatic carbocycles. The average molecular weight is 506 g/mol. The van der Waals surface area contributed by atoms with Gasteiger partial charge in [0.1, 0.15) is 11.0 Å². The van der Waals surface area contributed by atoms with Crippen LogP contribution in [-0.2, 0) is 14.3 Å². The molecule has 0 radical (unpaired) electrons. The highest BCUT2D eigenvalue weighted by molar-refractivity contribution is 8.00. The minimum Gasteiger partial charge on any atom is -0.497 e. The largest absolute Gasteiger partial charge is 0.497 e. The summed E-state index contributed by atoms with van der Waals surface area (Å²) in [5.41, 5.74) is 2.46. The molecule has 10 heteroatoms. The van der Waals surface area contributed by atoms with Gasteiger partial charge >= 0.3 is 5.97 Å². The molecule has 1 fully saturated rings. The number of Topliss-reactive ketones (excluding diaryl/α,β-unsaturated/α-hetero) is 1. The molecule has 2 amide bonds. The Morgan fingerprint density at radius 2 is 1.69 bits per heavy atom. The van der Waals surface area contributed by atoms with Crippen LogP contribution in [0.2, 0.25) is 0 Å². The lowest BCUT2D eigenvalue weighted by Crippen LogP contribution is -2.31. The van der Waals surface area contributed by atoms with E-state index in [4.69, 9.17) is 9.47 Å². The Kier molecular flexibility index (Phi) is 7.44. The van der Waals surface area contributed by atoms with Crippen molar-refractivity contribution < 1.29 is 28.7 Å². The van der Waals surface area contributed by atoms with Crippen molar-refractivity contribution >= 4 is 41.0 Å². The van der Waals surface area contributed by atoms with Gasteiger partial charge in [-0.15, -0.1) is 0 Å². The number of carbonyl (C=O) groups is 4. The molecule has 9 nitrogen and oxygen atoms in total. The van der Waals surface area contributed by atoms with E-state index < -0.39 is 17.8 Å². The van der Waals surface area contributed by atoms with Gasteiger partial charge in [0.2, 0.25) is 11.8 Å². The molecule has 1 aliphatic heterocycles. The molecule has 2 aromatic carbocycles. The Hall–Kier alpha value is -4.05. The van der Waals surface area contributed by atoms with Crippen molar-refractivity contribution in [1.29, 1.82) is 0 Å². The van der Waals surface area contributed by atoms with Gasteiger partial charge in [0, 0.05) is 23.4 Å². The second-order valence-corrected chi connectivity index (χ2v) is 9.26. The average Bonchev–Trinajstić information content (AvgIpc) is 3.14. The number of ether oxygens (including phenoxy) is 2. The van der Waals surface area contributed by atoms with Crippen LogP contribution in [-0.4, -0.2) is 52.5 Å². The number of hydrogen-bond acceptors (Lipinski definition) is 9. The number of esters is 1. The van der Waals surface area contributed by atoms with E-state index in [0.717, 1.165) is 28.0 Å². The zero-order valence-electron chi connectivity index (χ0n) is 19.9. The summed E-state index contributed by atoms with van der Waals surface area (Å²) in [4.78, 5) is 60.1. The van der Waals surface area contributed by atoms with E-state index in [2.05, 4.69) is 9.97 Å². The minimum absolute atomic E-state index is 0.0238. The maximum absolute atomic E-state index is 13.0. The van der Waals surface area contributed by atoms with E-state index in [1.165, 1.54) is 31.4 Å². The van der Waals surface area contributed by atoms with Crippen LogP contribution in [0, 0.1) is 13.8 Å². The Bertz CT molecular complexity index is 1320. The number of imide groups is 1. The monoisotopic (exact) mass is 505 g/mol. The van der Waals surface area contributed by atoms with Gasteiger partial charge in [-0.05, 0) is 56.3 Å². The molecule has 1 atom stereocenters. The van der Waals surface area contributed by atoms with E-state index >= 15 is 0 Å². The van der Waals surface area contributed by atoms with Gasteiger partial charge in [-0.3, -0.25) is 14.4 Å². The number of carbonyl (C=O) groups excluding carboxylic acids is 4. The minimum atomic E-state index is -0.697. The highest BCUT2D eigenvalue weighted by atomic mass is 32.2. The first-order valence-corrected chi connectivity index (χ1v) is 11.9. The van der Waals surface area contributed by atoms with Gasteiger partial charge in [0.25, 0.3) is 0 Å². The molecule has 1 saturated heterocycles. The van der Waals surface area contributed by atoms with Crippen molar-refractivity contribution in [2.24, 2.45) is 0 Å². The van der Waals surface area contributed by atoms with Crippen molar-refractivity contribution in [3.8, 4) is 5.75 Å². The zero-order valence-corrected chi connectivity index (χ0v) is 20.7. The molecule has 1 unspecified atom stereocenters. The van der Waals surface area contributed by atoms with Gasteiger partial charge in [0.05, 0.1) is 18.4 Å². The molecule has 4 rings (SSSR count). The fraction of sp³-hybridized carbons (Fsp3) is 0.231. The molecule has 3 aromatic rings. The lowest BCUT2D eigenvalue weighted by molar-refractivity contribution is -0.121. The fourth-order valence-electron chi connectivity index (χ4n) is 3.68. The predicted molar refractivity (Wildman–Crippen MR) is 132 cm³/mol. The van der Waals surface area contributed by atoms with Crippen LogP contribution in [0.5, 0.6) is 5.75 Å². The quantitative estimate of drug-likeness (QED) is 0.196. The SMILES string of the molecule is COc1cccc(C(=O)COC(=O)c2ccc(N3C(=O)CC(Sc4nc(C)cc(C)n4)C3=O)cc2)c1. The lowest BCUT2D eigenvalue weighted by atomic mass is 10.1. The summed E-state index contributed by atoms with van der Waals surface area (Å²) >= 11 is 1.16. The van der Waals surface area contributed by atoms with Crippen LogP contribution < -0.4 is 9.64 Å². The van der Waals surface area contributed by atoms with Gasteiger partial charge in [-0.2, -0.15) is 0 Å². The molecule has 0 saturated carbocycles. The van der Waals surface area contributed by atoms with Crippen molar-refractivity contribution in [2.75, 3.05) is 18.6 Å². The highest BCUT2D eigenvalue weighted by Gasteiger charge is 2.40. The summed E-state index contributed by atoms with van der Waals surface area (Å²) < 4.78 is 10.2. The molecule has 0 N–H and O–H groups in total. The second kappa shape index (κ2) is 10.7. The summed E-state index contributed by atoms with van der Waals surface area (Å²) in [6.07, 6.45) is 0.0238.